The molecule has 3 aromatic carbocycles. The van der Waals surface area contributed by atoms with Crippen LogP contribution < -0.4 is 9.64 Å². The summed E-state index contributed by atoms with van der Waals surface area (Å²) in [6.45, 7) is 0. The molecule has 23 heavy (non-hydrogen) atoms. The van der Waals surface area contributed by atoms with Crippen LogP contribution in [-0.4, -0.2) is 11.2 Å². The van der Waals surface area contributed by atoms with E-state index in [9.17, 15) is 9.90 Å². The topological polar surface area (TPSA) is 49.8 Å². The minimum Gasteiger partial charge on any atom is -0.464 e. The number of ether oxygens (including phenoxy) is 1. The van der Waals surface area contributed by atoms with Crippen molar-refractivity contribution >= 4 is 17.5 Å². The summed E-state index contributed by atoms with van der Waals surface area (Å²) in [5.41, 5.74) is 1.15. The highest BCUT2D eigenvalue weighted by atomic mass is 16.5. The molecule has 0 aliphatic rings. The first kappa shape index (κ1) is 14.7. The lowest BCUT2D eigenvalue weighted by Gasteiger charge is -2.19. The van der Waals surface area contributed by atoms with Crippen molar-refractivity contribution < 1.29 is 14.6 Å². The van der Waals surface area contributed by atoms with Crippen molar-refractivity contribution in [3.63, 3.8) is 0 Å². The molecular formula is C19H15NO3. The molecule has 4 heteroatoms. The molecule has 0 radical (unpaired) electrons. The Labute approximate surface area is 134 Å². The minimum absolute atomic E-state index is 0.559. The molecular weight excluding hydrogens is 290 g/mol. The predicted molar refractivity (Wildman–Crippen MR) is 89.6 cm³/mol. The molecule has 1 amide bonds. The fourth-order valence-electron chi connectivity index (χ4n) is 2.23. The van der Waals surface area contributed by atoms with Gasteiger partial charge in [-0.3, -0.25) is 0 Å². The molecule has 0 atom stereocenters. The quantitative estimate of drug-likeness (QED) is 0.712. The molecule has 0 fully saturated rings. The number of para-hydroxylation sites is 2. The Balaban J connectivity index is 1.84. The van der Waals surface area contributed by atoms with Gasteiger partial charge >= 0.3 is 6.09 Å². The summed E-state index contributed by atoms with van der Waals surface area (Å²) < 4.78 is 5.71. The summed E-state index contributed by atoms with van der Waals surface area (Å²) in [5.74, 6) is 1.39. The van der Waals surface area contributed by atoms with Crippen molar-refractivity contribution in [3.05, 3.63) is 84.9 Å². The Morgan fingerprint density at radius 1 is 0.696 bits per heavy atom. The van der Waals surface area contributed by atoms with Gasteiger partial charge in [0.1, 0.15) is 11.5 Å². The van der Waals surface area contributed by atoms with Gasteiger partial charge in [0.05, 0.1) is 11.4 Å². The highest BCUT2D eigenvalue weighted by molar-refractivity contribution is 5.94. The van der Waals surface area contributed by atoms with Gasteiger partial charge < -0.3 is 9.84 Å². The van der Waals surface area contributed by atoms with Crippen LogP contribution in [0.1, 0.15) is 0 Å². The monoisotopic (exact) mass is 305 g/mol. The van der Waals surface area contributed by atoms with Crippen molar-refractivity contribution in [1.82, 2.24) is 0 Å². The van der Waals surface area contributed by atoms with Gasteiger partial charge in [-0.15, -0.1) is 0 Å². The second-order valence-corrected chi connectivity index (χ2v) is 4.86. The molecule has 3 aromatic rings. The van der Waals surface area contributed by atoms with E-state index in [-0.39, 0.29) is 0 Å². The maximum absolute atomic E-state index is 11.6. The Hall–Kier alpha value is -3.27. The summed E-state index contributed by atoms with van der Waals surface area (Å²) in [5, 5.41) is 9.48. The third-order valence-electron chi connectivity index (χ3n) is 3.28. The molecule has 1 N–H and O–H groups in total. The van der Waals surface area contributed by atoms with Crippen LogP contribution in [0.15, 0.2) is 84.9 Å². The number of nitrogens with zero attached hydrogens (tertiary/aromatic N) is 1. The second-order valence-electron chi connectivity index (χ2n) is 4.86. The van der Waals surface area contributed by atoms with E-state index in [0.29, 0.717) is 17.1 Å². The van der Waals surface area contributed by atoms with E-state index in [2.05, 4.69) is 0 Å². The summed E-state index contributed by atoms with van der Waals surface area (Å²) in [6, 6.07) is 25.3. The predicted octanol–water partition coefficient (Wildman–Crippen LogP) is 5.30. The van der Waals surface area contributed by atoms with Gasteiger partial charge in [-0.1, -0.05) is 36.4 Å². The minimum atomic E-state index is -1.03. The molecule has 0 aliphatic carbocycles. The SMILES string of the molecule is O=C(O)N(c1ccccc1)c1ccc(Oc2ccccc2)cc1. The average Bonchev–Trinajstić information content (AvgIpc) is 2.58. The smallest absolute Gasteiger partial charge is 0.416 e. The third kappa shape index (κ3) is 3.49. The molecule has 0 unspecified atom stereocenters. The zero-order valence-corrected chi connectivity index (χ0v) is 12.3. The average molecular weight is 305 g/mol. The van der Waals surface area contributed by atoms with Crippen LogP contribution in [0, 0.1) is 0 Å². The number of carboxylic acid groups (broad SMARTS) is 1. The number of hydrogen-bond acceptors (Lipinski definition) is 2. The van der Waals surface area contributed by atoms with E-state index in [4.69, 9.17) is 4.74 Å². The highest BCUT2D eigenvalue weighted by Gasteiger charge is 2.16. The van der Waals surface area contributed by atoms with Crippen molar-refractivity contribution in [3.8, 4) is 11.5 Å². The highest BCUT2D eigenvalue weighted by Crippen LogP contribution is 2.28. The van der Waals surface area contributed by atoms with E-state index in [1.165, 1.54) is 4.90 Å². The van der Waals surface area contributed by atoms with Crippen molar-refractivity contribution in [2.75, 3.05) is 4.90 Å². The summed E-state index contributed by atoms with van der Waals surface area (Å²) in [6.07, 6.45) is -1.03. The lowest BCUT2D eigenvalue weighted by Crippen LogP contribution is -2.23. The first-order valence-electron chi connectivity index (χ1n) is 7.15. The normalized spacial score (nSPS) is 10.1. The molecule has 0 aliphatic heterocycles. The van der Waals surface area contributed by atoms with Crippen molar-refractivity contribution in [2.45, 2.75) is 0 Å². The molecule has 0 saturated heterocycles. The van der Waals surface area contributed by atoms with Crippen LogP contribution in [0.2, 0.25) is 0 Å². The fourth-order valence-corrected chi connectivity index (χ4v) is 2.23. The number of hydrogen-bond donors (Lipinski definition) is 1. The van der Waals surface area contributed by atoms with Gasteiger partial charge in [0.2, 0.25) is 0 Å². The maximum Gasteiger partial charge on any atom is 0.416 e. The first-order chi connectivity index (χ1) is 11.2. The van der Waals surface area contributed by atoms with Crippen LogP contribution in [0.25, 0.3) is 0 Å². The first-order valence-corrected chi connectivity index (χ1v) is 7.15. The van der Waals surface area contributed by atoms with E-state index >= 15 is 0 Å². The van der Waals surface area contributed by atoms with Gasteiger partial charge in [0.25, 0.3) is 0 Å². The Morgan fingerprint density at radius 3 is 1.74 bits per heavy atom. The van der Waals surface area contributed by atoms with Gasteiger partial charge in [0.15, 0.2) is 0 Å². The molecule has 3 rings (SSSR count). The molecule has 0 spiro atoms. The van der Waals surface area contributed by atoms with Gasteiger partial charge in [0, 0.05) is 0 Å². The second kappa shape index (κ2) is 6.66. The van der Waals surface area contributed by atoms with Crippen molar-refractivity contribution in [1.29, 1.82) is 0 Å². The van der Waals surface area contributed by atoms with Crippen LogP contribution in [-0.2, 0) is 0 Å². The van der Waals surface area contributed by atoms with Gasteiger partial charge in [-0.05, 0) is 48.5 Å². The Bertz CT molecular complexity index is 771. The van der Waals surface area contributed by atoms with Crippen LogP contribution in [0.4, 0.5) is 16.2 Å². The van der Waals surface area contributed by atoms with Gasteiger partial charge in [-0.2, -0.15) is 0 Å². The van der Waals surface area contributed by atoms with E-state index < -0.39 is 6.09 Å². The Kier molecular flexibility index (Phi) is 4.25. The number of benzene rings is 3. The third-order valence-corrected chi connectivity index (χ3v) is 3.28. The number of anilines is 2. The zero-order valence-electron chi connectivity index (χ0n) is 12.3. The summed E-state index contributed by atoms with van der Waals surface area (Å²) in [7, 11) is 0. The lowest BCUT2D eigenvalue weighted by atomic mass is 10.2. The van der Waals surface area contributed by atoms with Crippen LogP contribution >= 0.6 is 0 Å². The van der Waals surface area contributed by atoms with Crippen LogP contribution in [0.5, 0.6) is 11.5 Å². The Morgan fingerprint density at radius 2 is 1.17 bits per heavy atom. The van der Waals surface area contributed by atoms with E-state index in [1.54, 1.807) is 48.5 Å². The molecule has 0 aromatic heterocycles. The largest absolute Gasteiger partial charge is 0.464 e. The maximum atomic E-state index is 11.6. The molecule has 0 saturated carbocycles. The lowest BCUT2D eigenvalue weighted by molar-refractivity contribution is 0.205. The standard InChI is InChI=1S/C19H15NO3/c21-19(22)20(15-7-3-1-4-8-15)16-11-13-18(14-12-16)23-17-9-5-2-6-10-17/h1-14H,(H,21,22). The van der Waals surface area contributed by atoms with E-state index in [1.807, 2.05) is 36.4 Å². The molecule has 114 valence electrons. The van der Waals surface area contributed by atoms with E-state index in [0.717, 1.165) is 5.75 Å². The van der Waals surface area contributed by atoms with Crippen molar-refractivity contribution in [2.24, 2.45) is 0 Å². The molecule has 0 bridgehead atoms. The molecule has 0 heterocycles. The zero-order chi connectivity index (χ0) is 16.1. The number of carbonyl (C=O) groups is 1. The number of rotatable bonds is 4. The van der Waals surface area contributed by atoms with Crippen LogP contribution in [0.3, 0.4) is 0 Å². The summed E-state index contributed by atoms with van der Waals surface area (Å²) in [4.78, 5) is 12.8. The molecule has 4 nitrogen and oxygen atoms in total. The fraction of sp³-hybridized carbons (Fsp3) is 0. The summed E-state index contributed by atoms with van der Waals surface area (Å²) >= 11 is 0. The van der Waals surface area contributed by atoms with Gasteiger partial charge in [-0.25, -0.2) is 9.69 Å². The number of amides is 1.